The van der Waals surface area contributed by atoms with Gasteiger partial charge >= 0.3 is 0 Å². The van der Waals surface area contributed by atoms with Gasteiger partial charge in [-0.25, -0.2) is 4.98 Å². The zero-order chi connectivity index (χ0) is 10.5. The summed E-state index contributed by atoms with van der Waals surface area (Å²) in [4.78, 5) is 4.14. The lowest BCUT2D eigenvalue weighted by Gasteiger charge is -1.99. The summed E-state index contributed by atoms with van der Waals surface area (Å²) in [6.45, 7) is 1.69. The lowest BCUT2D eigenvalue weighted by Crippen LogP contribution is -2.16. The molecule has 5 nitrogen and oxygen atoms in total. The minimum Gasteiger partial charge on any atom is -0.472 e. The molecule has 2 rings (SSSR count). The Balaban J connectivity index is 1.67. The van der Waals surface area contributed by atoms with Gasteiger partial charge in [0, 0.05) is 32.1 Å². The first-order valence-corrected chi connectivity index (χ1v) is 4.91. The number of aryl methyl sites for hydroxylation is 1. The van der Waals surface area contributed by atoms with Crippen LogP contribution in [0.15, 0.2) is 29.3 Å². The quantitative estimate of drug-likeness (QED) is 0.733. The molecule has 80 valence electrons. The third kappa shape index (κ3) is 2.92. The van der Waals surface area contributed by atoms with Crippen LogP contribution >= 0.6 is 0 Å². The average Bonchev–Trinajstić information content (AvgIpc) is 2.84. The number of rotatable bonds is 5. The average molecular weight is 206 g/mol. The van der Waals surface area contributed by atoms with E-state index in [1.165, 1.54) is 0 Å². The van der Waals surface area contributed by atoms with Gasteiger partial charge in [-0.2, -0.15) is 5.10 Å². The molecule has 0 bridgehead atoms. The van der Waals surface area contributed by atoms with Crippen LogP contribution in [0.3, 0.4) is 0 Å². The lowest BCUT2D eigenvalue weighted by atomic mass is 10.3. The van der Waals surface area contributed by atoms with Crippen molar-refractivity contribution in [1.29, 1.82) is 0 Å². The molecular formula is C10H14N4O. The zero-order valence-electron chi connectivity index (χ0n) is 8.68. The Kier molecular flexibility index (Phi) is 3.14. The lowest BCUT2D eigenvalue weighted by molar-refractivity contribution is 0.560. The molecule has 1 N–H and O–H groups in total. The fourth-order valence-corrected chi connectivity index (χ4v) is 1.32. The van der Waals surface area contributed by atoms with Gasteiger partial charge in [0.25, 0.3) is 0 Å². The highest BCUT2D eigenvalue weighted by Crippen LogP contribution is 1.98. The Morgan fingerprint density at radius 2 is 2.47 bits per heavy atom. The number of furan rings is 1. The maximum absolute atomic E-state index is 4.97. The standard InChI is InChI=1S/C10H14N4O/c1-14-8-12-10(13-14)2-4-11-6-9-3-5-15-7-9/h3,5,7-8,11H,2,4,6H2,1H3. The first-order valence-electron chi connectivity index (χ1n) is 4.91. The second-order valence-electron chi connectivity index (χ2n) is 3.39. The van der Waals surface area contributed by atoms with E-state index in [-0.39, 0.29) is 0 Å². The van der Waals surface area contributed by atoms with Crippen molar-refractivity contribution in [2.45, 2.75) is 13.0 Å². The third-order valence-electron chi connectivity index (χ3n) is 2.08. The number of nitrogens with zero attached hydrogens (tertiary/aromatic N) is 3. The molecular weight excluding hydrogens is 192 g/mol. The van der Waals surface area contributed by atoms with Crippen LogP contribution in [0, 0.1) is 0 Å². The highest BCUT2D eigenvalue weighted by Gasteiger charge is 1.98. The van der Waals surface area contributed by atoms with Crippen LogP contribution in [-0.4, -0.2) is 21.3 Å². The number of nitrogens with one attached hydrogen (secondary N) is 1. The molecule has 0 aliphatic heterocycles. The Hall–Kier alpha value is -1.62. The molecule has 0 radical (unpaired) electrons. The Morgan fingerprint density at radius 1 is 1.53 bits per heavy atom. The zero-order valence-corrected chi connectivity index (χ0v) is 8.68. The molecule has 0 unspecified atom stereocenters. The fourth-order valence-electron chi connectivity index (χ4n) is 1.32. The molecule has 0 aromatic carbocycles. The van der Waals surface area contributed by atoms with Crippen molar-refractivity contribution in [3.63, 3.8) is 0 Å². The summed E-state index contributed by atoms with van der Waals surface area (Å²) in [5.41, 5.74) is 1.16. The molecule has 0 aliphatic rings. The predicted molar refractivity (Wildman–Crippen MR) is 55.1 cm³/mol. The Labute approximate surface area is 88.1 Å². The van der Waals surface area contributed by atoms with Gasteiger partial charge in [-0.1, -0.05) is 0 Å². The van der Waals surface area contributed by atoms with E-state index in [2.05, 4.69) is 15.4 Å². The van der Waals surface area contributed by atoms with Crippen molar-refractivity contribution in [1.82, 2.24) is 20.1 Å². The van der Waals surface area contributed by atoms with E-state index in [1.54, 1.807) is 23.5 Å². The Morgan fingerprint density at radius 3 is 3.13 bits per heavy atom. The summed E-state index contributed by atoms with van der Waals surface area (Å²) < 4.78 is 6.68. The second kappa shape index (κ2) is 4.75. The SMILES string of the molecule is Cn1cnc(CCNCc2ccoc2)n1. The van der Waals surface area contributed by atoms with Crippen molar-refractivity contribution in [2.24, 2.45) is 7.05 Å². The number of hydrogen-bond donors (Lipinski definition) is 1. The van der Waals surface area contributed by atoms with E-state index < -0.39 is 0 Å². The van der Waals surface area contributed by atoms with Gasteiger partial charge in [0.1, 0.15) is 6.33 Å². The monoisotopic (exact) mass is 206 g/mol. The molecule has 0 spiro atoms. The van der Waals surface area contributed by atoms with Crippen molar-refractivity contribution in [3.05, 3.63) is 36.3 Å². The highest BCUT2D eigenvalue weighted by molar-refractivity contribution is 5.04. The van der Waals surface area contributed by atoms with E-state index in [0.717, 1.165) is 30.9 Å². The molecule has 0 atom stereocenters. The minimum absolute atomic E-state index is 0.823. The first-order chi connectivity index (χ1) is 7.34. The maximum atomic E-state index is 4.97. The van der Waals surface area contributed by atoms with Crippen LogP contribution in [0.2, 0.25) is 0 Å². The van der Waals surface area contributed by atoms with Crippen LogP contribution in [0.5, 0.6) is 0 Å². The summed E-state index contributed by atoms with van der Waals surface area (Å²) in [5, 5.41) is 7.49. The van der Waals surface area contributed by atoms with Gasteiger partial charge in [0.2, 0.25) is 0 Å². The molecule has 0 aliphatic carbocycles. The predicted octanol–water partition coefficient (Wildman–Crippen LogP) is 0.740. The van der Waals surface area contributed by atoms with Crippen molar-refractivity contribution < 1.29 is 4.42 Å². The largest absolute Gasteiger partial charge is 0.472 e. The van der Waals surface area contributed by atoms with Gasteiger partial charge in [-0.3, -0.25) is 4.68 Å². The van der Waals surface area contributed by atoms with E-state index >= 15 is 0 Å². The smallest absolute Gasteiger partial charge is 0.151 e. The summed E-state index contributed by atoms with van der Waals surface area (Å²) in [6.07, 6.45) is 5.98. The minimum atomic E-state index is 0.823. The maximum Gasteiger partial charge on any atom is 0.151 e. The first kappa shape index (κ1) is 9.92. The van der Waals surface area contributed by atoms with Gasteiger partial charge < -0.3 is 9.73 Å². The summed E-state index contributed by atoms with van der Waals surface area (Å²) in [7, 11) is 1.87. The van der Waals surface area contributed by atoms with Gasteiger partial charge in [0.05, 0.1) is 12.5 Å². The van der Waals surface area contributed by atoms with Crippen LogP contribution in [0.4, 0.5) is 0 Å². The summed E-state index contributed by atoms with van der Waals surface area (Å²) in [6, 6.07) is 1.95. The molecule has 0 fully saturated rings. The van der Waals surface area contributed by atoms with Crippen LogP contribution < -0.4 is 5.32 Å². The second-order valence-corrected chi connectivity index (χ2v) is 3.39. The highest BCUT2D eigenvalue weighted by atomic mass is 16.3. The number of hydrogen-bond acceptors (Lipinski definition) is 4. The van der Waals surface area contributed by atoms with Crippen molar-refractivity contribution >= 4 is 0 Å². The van der Waals surface area contributed by atoms with Gasteiger partial charge in [-0.15, -0.1) is 0 Å². The third-order valence-corrected chi connectivity index (χ3v) is 2.08. The van der Waals surface area contributed by atoms with Crippen LogP contribution in [-0.2, 0) is 20.0 Å². The molecule has 2 aromatic rings. The summed E-state index contributed by atoms with van der Waals surface area (Å²) >= 11 is 0. The molecule has 2 heterocycles. The van der Waals surface area contributed by atoms with E-state index in [4.69, 9.17) is 4.42 Å². The molecule has 15 heavy (non-hydrogen) atoms. The molecule has 5 heteroatoms. The van der Waals surface area contributed by atoms with E-state index in [1.807, 2.05) is 13.1 Å². The molecule has 0 amide bonds. The van der Waals surface area contributed by atoms with Crippen molar-refractivity contribution in [2.75, 3.05) is 6.54 Å². The normalized spacial score (nSPS) is 10.7. The topological polar surface area (TPSA) is 55.9 Å². The van der Waals surface area contributed by atoms with Crippen LogP contribution in [0.25, 0.3) is 0 Å². The van der Waals surface area contributed by atoms with Crippen LogP contribution in [0.1, 0.15) is 11.4 Å². The number of aromatic nitrogens is 3. The Bertz CT molecular complexity index is 393. The van der Waals surface area contributed by atoms with Gasteiger partial charge in [-0.05, 0) is 6.07 Å². The summed E-state index contributed by atoms with van der Waals surface area (Å²) in [5.74, 6) is 0.872. The molecule has 0 saturated heterocycles. The molecule has 2 aromatic heterocycles. The van der Waals surface area contributed by atoms with Crippen molar-refractivity contribution in [3.8, 4) is 0 Å². The fraction of sp³-hybridized carbons (Fsp3) is 0.400. The molecule has 0 saturated carbocycles. The van der Waals surface area contributed by atoms with Gasteiger partial charge in [0.15, 0.2) is 5.82 Å². The van der Waals surface area contributed by atoms with E-state index in [9.17, 15) is 0 Å². The van der Waals surface area contributed by atoms with E-state index in [0.29, 0.717) is 0 Å².